The van der Waals surface area contributed by atoms with Crippen molar-refractivity contribution in [3.63, 3.8) is 0 Å². The van der Waals surface area contributed by atoms with Gasteiger partial charge in [-0.25, -0.2) is 8.78 Å². The van der Waals surface area contributed by atoms with E-state index in [2.05, 4.69) is 20.8 Å². The van der Waals surface area contributed by atoms with Gasteiger partial charge in [-0.3, -0.25) is 4.79 Å². The summed E-state index contributed by atoms with van der Waals surface area (Å²) >= 11 is 2.43. The second-order valence-corrected chi connectivity index (χ2v) is 7.53. The summed E-state index contributed by atoms with van der Waals surface area (Å²) in [7, 11) is 0. The molecule has 0 aliphatic carbocycles. The van der Waals surface area contributed by atoms with Gasteiger partial charge in [-0.05, 0) is 42.8 Å². The van der Waals surface area contributed by atoms with Gasteiger partial charge in [-0.1, -0.05) is 35.2 Å². The lowest BCUT2D eigenvalue weighted by molar-refractivity contribution is -0.113. The standard InChI is InChI=1S/C17H14F2N4OS2/c1-10-5-6-14(13(19)7-10)21-15(24)9-25-17-23-22-16(26-17)20-12-4-2-3-11(18)8-12/h2-8H,9H2,1H3,(H,20,22)(H,21,24). The van der Waals surface area contributed by atoms with Gasteiger partial charge >= 0.3 is 0 Å². The van der Waals surface area contributed by atoms with Crippen molar-refractivity contribution in [1.82, 2.24) is 10.2 Å². The number of benzene rings is 2. The molecule has 5 nitrogen and oxygen atoms in total. The van der Waals surface area contributed by atoms with Crippen molar-refractivity contribution in [2.24, 2.45) is 0 Å². The summed E-state index contributed by atoms with van der Waals surface area (Å²) in [4.78, 5) is 12.0. The number of hydrogen-bond donors (Lipinski definition) is 2. The van der Waals surface area contributed by atoms with Gasteiger partial charge in [0.25, 0.3) is 0 Å². The van der Waals surface area contributed by atoms with Crippen molar-refractivity contribution in [3.8, 4) is 0 Å². The summed E-state index contributed by atoms with van der Waals surface area (Å²) in [5.41, 5.74) is 1.49. The summed E-state index contributed by atoms with van der Waals surface area (Å²) in [6.07, 6.45) is 0. The van der Waals surface area contributed by atoms with Gasteiger partial charge in [0.2, 0.25) is 11.0 Å². The average Bonchev–Trinajstić information content (AvgIpc) is 3.03. The Labute approximate surface area is 156 Å². The summed E-state index contributed by atoms with van der Waals surface area (Å²) in [6.45, 7) is 1.77. The van der Waals surface area contributed by atoms with Gasteiger partial charge in [0.15, 0.2) is 4.34 Å². The Hall–Kier alpha value is -2.52. The average molecular weight is 392 g/mol. The number of rotatable bonds is 6. The molecule has 1 aromatic heterocycles. The molecule has 0 aliphatic heterocycles. The zero-order valence-corrected chi connectivity index (χ0v) is 15.3. The number of thioether (sulfide) groups is 1. The maximum atomic E-state index is 13.7. The fraction of sp³-hybridized carbons (Fsp3) is 0.118. The Kier molecular flexibility index (Phi) is 5.79. The summed E-state index contributed by atoms with van der Waals surface area (Å²) < 4.78 is 27.5. The highest BCUT2D eigenvalue weighted by molar-refractivity contribution is 8.01. The van der Waals surface area contributed by atoms with E-state index in [1.54, 1.807) is 25.1 Å². The van der Waals surface area contributed by atoms with E-state index in [0.29, 0.717) is 15.2 Å². The number of nitrogens with zero attached hydrogens (tertiary/aromatic N) is 2. The third kappa shape index (κ3) is 4.99. The number of amides is 1. The van der Waals surface area contributed by atoms with Crippen LogP contribution in [0.4, 0.5) is 25.3 Å². The first-order valence-corrected chi connectivity index (χ1v) is 9.35. The fourth-order valence-corrected chi connectivity index (χ4v) is 3.62. The van der Waals surface area contributed by atoms with Crippen LogP contribution in [0.2, 0.25) is 0 Å². The van der Waals surface area contributed by atoms with Crippen molar-refractivity contribution in [3.05, 3.63) is 59.7 Å². The Balaban J connectivity index is 1.53. The lowest BCUT2D eigenvalue weighted by Crippen LogP contribution is -2.15. The minimum absolute atomic E-state index is 0.0713. The quantitative estimate of drug-likeness (QED) is 0.600. The molecule has 2 aromatic carbocycles. The van der Waals surface area contributed by atoms with Gasteiger partial charge in [0.05, 0.1) is 11.4 Å². The molecule has 1 heterocycles. The lowest BCUT2D eigenvalue weighted by atomic mass is 10.2. The molecule has 3 rings (SSSR count). The minimum Gasteiger partial charge on any atom is -0.330 e. The van der Waals surface area contributed by atoms with Crippen LogP contribution in [0.5, 0.6) is 0 Å². The predicted octanol–water partition coefficient (Wildman–Crippen LogP) is 4.60. The highest BCUT2D eigenvalue weighted by atomic mass is 32.2. The molecule has 0 saturated heterocycles. The van der Waals surface area contributed by atoms with E-state index < -0.39 is 5.82 Å². The first kappa shape index (κ1) is 18.3. The molecule has 3 aromatic rings. The van der Waals surface area contributed by atoms with Crippen molar-refractivity contribution < 1.29 is 13.6 Å². The van der Waals surface area contributed by atoms with Crippen LogP contribution < -0.4 is 10.6 Å². The molecule has 9 heteroatoms. The van der Waals surface area contributed by atoms with E-state index in [1.165, 1.54) is 47.4 Å². The number of carbonyl (C=O) groups excluding carboxylic acids is 1. The maximum Gasteiger partial charge on any atom is 0.234 e. The van der Waals surface area contributed by atoms with Gasteiger partial charge in [0.1, 0.15) is 11.6 Å². The number of halogens is 2. The van der Waals surface area contributed by atoms with Crippen molar-refractivity contribution >= 4 is 45.5 Å². The van der Waals surface area contributed by atoms with Gasteiger partial charge < -0.3 is 10.6 Å². The Bertz CT molecular complexity index is 933. The molecule has 1 amide bonds. The number of nitrogens with one attached hydrogen (secondary N) is 2. The zero-order valence-electron chi connectivity index (χ0n) is 13.6. The minimum atomic E-state index is -0.471. The number of carbonyl (C=O) groups is 1. The Morgan fingerprint density at radius 3 is 2.81 bits per heavy atom. The van der Waals surface area contributed by atoms with Crippen LogP contribution in [0.3, 0.4) is 0 Å². The molecule has 134 valence electrons. The van der Waals surface area contributed by atoms with Crippen molar-refractivity contribution in [2.75, 3.05) is 16.4 Å². The highest BCUT2D eigenvalue weighted by Crippen LogP contribution is 2.28. The lowest BCUT2D eigenvalue weighted by Gasteiger charge is -2.06. The largest absolute Gasteiger partial charge is 0.330 e. The molecule has 0 unspecified atom stereocenters. The van der Waals surface area contributed by atoms with Crippen LogP contribution in [-0.2, 0) is 4.79 Å². The summed E-state index contributed by atoms with van der Waals surface area (Å²) in [5.74, 6) is -1.09. The normalized spacial score (nSPS) is 10.6. The van der Waals surface area contributed by atoms with Crippen LogP contribution in [-0.4, -0.2) is 21.9 Å². The van der Waals surface area contributed by atoms with E-state index in [-0.39, 0.29) is 23.2 Å². The molecule has 0 fully saturated rings. The molecule has 26 heavy (non-hydrogen) atoms. The molecular formula is C17H14F2N4OS2. The van der Waals surface area contributed by atoms with Crippen LogP contribution >= 0.6 is 23.1 Å². The summed E-state index contributed by atoms with van der Waals surface area (Å²) in [5, 5.41) is 13.9. The van der Waals surface area contributed by atoms with E-state index in [4.69, 9.17) is 0 Å². The molecule has 0 bridgehead atoms. The van der Waals surface area contributed by atoms with E-state index in [0.717, 1.165) is 5.56 Å². The second-order valence-electron chi connectivity index (χ2n) is 5.33. The van der Waals surface area contributed by atoms with E-state index in [9.17, 15) is 13.6 Å². The predicted molar refractivity (Wildman–Crippen MR) is 100 cm³/mol. The number of anilines is 3. The second kappa shape index (κ2) is 8.24. The first-order valence-electron chi connectivity index (χ1n) is 7.54. The monoisotopic (exact) mass is 392 g/mol. The maximum absolute atomic E-state index is 13.7. The van der Waals surface area contributed by atoms with Gasteiger partial charge in [-0.15, -0.1) is 10.2 Å². The van der Waals surface area contributed by atoms with E-state index in [1.807, 2.05) is 0 Å². The molecule has 0 atom stereocenters. The molecule has 2 N–H and O–H groups in total. The van der Waals surface area contributed by atoms with E-state index >= 15 is 0 Å². The van der Waals surface area contributed by atoms with Crippen LogP contribution in [0.25, 0.3) is 0 Å². The Morgan fingerprint density at radius 1 is 1.19 bits per heavy atom. The third-order valence-electron chi connectivity index (χ3n) is 3.21. The zero-order chi connectivity index (χ0) is 18.5. The smallest absolute Gasteiger partial charge is 0.234 e. The van der Waals surface area contributed by atoms with Crippen molar-refractivity contribution in [2.45, 2.75) is 11.3 Å². The topological polar surface area (TPSA) is 66.9 Å². The molecule has 0 saturated carbocycles. The van der Waals surface area contributed by atoms with Gasteiger partial charge in [-0.2, -0.15) is 0 Å². The Morgan fingerprint density at radius 2 is 2.04 bits per heavy atom. The molecule has 0 spiro atoms. The molecular weight excluding hydrogens is 378 g/mol. The fourth-order valence-electron chi connectivity index (χ4n) is 2.04. The number of hydrogen-bond acceptors (Lipinski definition) is 6. The molecule has 0 aliphatic rings. The molecule has 0 radical (unpaired) electrons. The number of aryl methyl sites for hydroxylation is 1. The van der Waals surface area contributed by atoms with Crippen molar-refractivity contribution in [1.29, 1.82) is 0 Å². The highest BCUT2D eigenvalue weighted by Gasteiger charge is 2.11. The van der Waals surface area contributed by atoms with Crippen LogP contribution in [0, 0.1) is 18.6 Å². The SMILES string of the molecule is Cc1ccc(NC(=O)CSc2nnc(Nc3cccc(F)c3)s2)c(F)c1. The number of aromatic nitrogens is 2. The van der Waals surface area contributed by atoms with Crippen LogP contribution in [0.15, 0.2) is 46.8 Å². The first-order chi connectivity index (χ1) is 12.5. The van der Waals surface area contributed by atoms with Crippen LogP contribution in [0.1, 0.15) is 5.56 Å². The van der Waals surface area contributed by atoms with Gasteiger partial charge in [0, 0.05) is 5.69 Å². The third-order valence-corrected chi connectivity index (χ3v) is 5.18. The summed E-state index contributed by atoms with van der Waals surface area (Å²) in [6, 6.07) is 10.6.